The summed E-state index contributed by atoms with van der Waals surface area (Å²) in [6.45, 7) is 8.13. The van der Waals surface area contributed by atoms with Crippen molar-refractivity contribution in [3.63, 3.8) is 0 Å². The van der Waals surface area contributed by atoms with Gasteiger partial charge in [-0.15, -0.1) is 0 Å². The molecule has 0 aliphatic rings. The zero-order valence-corrected chi connectivity index (χ0v) is 12.9. The summed E-state index contributed by atoms with van der Waals surface area (Å²) in [6.07, 6.45) is 6.07. The molecule has 0 atom stereocenters. The quantitative estimate of drug-likeness (QED) is 0.324. The monoisotopic (exact) mass is 288 g/mol. The van der Waals surface area contributed by atoms with Crippen LogP contribution in [0.4, 0.5) is 0 Å². The van der Waals surface area contributed by atoms with Crippen LogP contribution < -0.4 is 10.2 Å². The standard InChI is InChI=1S/C17H24N2O2/c1-4-6-7-8-14(3)18-19-17(20)15-9-11-16(12-10-15)21-13-5-2/h5,9-12H,2,4,6-8,13H2,1,3H3,(H,19,20)/b18-14+. The average molecular weight is 288 g/mol. The second-order valence-corrected chi connectivity index (χ2v) is 4.87. The molecule has 0 aliphatic carbocycles. The number of amides is 1. The van der Waals surface area contributed by atoms with Crippen molar-refractivity contribution in [2.75, 3.05) is 6.61 Å². The van der Waals surface area contributed by atoms with Gasteiger partial charge in [-0.3, -0.25) is 4.79 Å². The lowest BCUT2D eigenvalue weighted by molar-refractivity contribution is 0.0954. The second kappa shape index (κ2) is 9.75. The van der Waals surface area contributed by atoms with Crippen LogP contribution in [0.5, 0.6) is 5.75 Å². The fourth-order valence-electron chi connectivity index (χ4n) is 1.76. The molecule has 0 saturated heterocycles. The largest absolute Gasteiger partial charge is 0.490 e. The van der Waals surface area contributed by atoms with Crippen molar-refractivity contribution < 1.29 is 9.53 Å². The Morgan fingerprint density at radius 1 is 1.33 bits per heavy atom. The van der Waals surface area contributed by atoms with Crippen molar-refractivity contribution in [2.45, 2.75) is 39.5 Å². The number of carbonyl (C=O) groups is 1. The van der Waals surface area contributed by atoms with Gasteiger partial charge < -0.3 is 4.74 Å². The summed E-state index contributed by atoms with van der Waals surface area (Å²) in [7, 11) is 0. The van der Waals surface area contributed by atoms with E-state index < -0.39 is 0 Å². The van der Waals surface area contributed by atoms with Crippen LogP contribution >= 0.6 is 0 Å². The lowest BCUT2D eigenvalue weighted by Gasteiger charge is -2.05. The van der Waals surface area contributed by atoms with Gasteiger partial charge in [-0.2, -0.15) is 5.10 Å². The van der Waals surface area contributed by atoms with Gasteiger partial charge in [-0.05, 0) is 44.0 Å². The van der Waals surface area contributed by atoms with Crippen LogP contribution in [-0.2, 0) is 0 Å². The third-order valence-electron chi connectivity index (χ3n) is 2.97. The molecular formula is C17H24N2O2. The van der Waals surface area contributed by atoms with Crippen LogP contribution in [0.3, 0.4) is 0 Å². The highest BCUT2D eigenvalue weighted by Crippen LogP contribution is 2.12. The third kappa shape index (κ3) is 6.75. The Bertz CT molecular complexity index is 478. The molecule has 1 aromatic rings. The van der Waals surface area contributed by atoms with Crippen molar-refractivity contribution in [2.24, 2.45) is 5.10 Å². The number of benzene rings is 1. The van der Waals surface area contributed by atoms with Gasteiger partial charge in [0.2, 0.25) is 0 Å². The second-order valence-electron chi connectivity index (χ2n) is 4.87. The molecule has 0 heterocycles. The van der Waals surface area contributed by atoms with Crippen molar-refractivity contribution in [3.05, 3.63) is 42.5 Å². The zero-order chi connectivity index (χ0) is 15.5. The lowest BCUT2D eigenvalue weighted by atomic mass is 10.1. The van der Waals surface area contributed by atoms with Crippen LogP contribution in [0, 0.1) is 0 Å². The predicted octanol–water partition coefficient (Wildman–Crippen LogP) is 3.94. The first-order valence-electron chi connectivity index (χ1n) is 7.34. The van der Waals surface area contributed by atoms with Gasteiger partial charge in [0.05, 0.1) is 0 Å². The van der Waals surface area contributed by atoms with E-state index in [9.17, 15) is 4.79 Å². The molecule has 1 amide bonds. The molecule has 0 fully saturated rings. The molecule has 0 aromatic heterocycles. The molecule has 0 aliphatic heterocycles. The Labute approximate surface area is 126 Å². The highest BCUT2D eigenvalue weighted by Gasteiger charge is 2.04. The summed E-state index contributed by atoms with van der Waals surface area (Å²) in [6, 6.07) is 6.96. The topological polar surface area (TPSA) is 50.7 Å². The summed E-state index contributed by atoms with van der Waals surface area (Å²) < 4.78 is 5.37. The van der Waals surface area contributed by atoms with E-state index >= 15 is 0 Å². The highest BCUT2D eigenvalue weighted by atomic mass is 16.5. The Hall–Kier alpha value is -2.10. The number of ether oxygens (including phenoxy) is 1. The molecule has 0 radical (unpaired) electrons. The Morgan fingerprint density at radius 2 is 2.05 bits per heavy atom. The van der Waals surface area contributed by atoms with Gasteiger partial charge in [0, 0.05) is 11.3 Å². The van der Waals surface area contributed by atoms with Crippen molar-refractivity contribution in [1.82, 2.24) is 5.43 Å². The minimum absolute atomic E-state index is 0.208. The van der Waals surface area contributed by atoms with Gasteiger partial charge in [-0.25, -0.2) is 5.43 Å². The van der Waals surface area contributed by atoms with E-state index in [0.717, 1.165) is 18.6 Å². The van der Waals surface area contributed by atoms with Gasteiger partial charge >= 0.3 is 0 Å². The Kier molecular flexibility index (Phi) is 7.87. The summed E-state index contributed by atoms with van der Waals surface area (Å²) in [5.74, 6) is 0.505. The maximum atomic E-state index is 11.9. The maximum Gasteiger partial charge on any atom is 0.271 e. The fourth-order valence-corrected chi connectivity index (χ4v) is 1.76. The van der Waals surface area contributed by atoms with Crippen molar-refractivity contribution in [1.29, 1.82) is 0 Å². The summed E-state index contributed by atoms with van der Waals surface area (Å²) in [5, 5.41) is 4.12. The molecule has 1 aromatic carbocycles. The van der Waals surface area contributed by atoms with E-state index in [2.05, 4.69) is 24.0 Å². The normalized spacial score (nSPS) is 11.0. The van der Waals surface area contributed by atoms with Crippen LogP contribution in [0.15, 0.2) is 42.0 Å². The van der Waals surface area contributed by atoms with Crippen molar-refractivity contribution >= 4 is 11.6 Å². The molecule has 1 rings (SSSR count). The van der Waals surface area contributed by atoms with Crippen LogP contribution in [0.25, 0.3) is 0 Å². The van der Waals surface area contributed by atoms with Gasteiger partial charge in [-0.1, -0.05) is 32.4 Å². The first-order valence-corrected chi connectivity index (χ1v) is 7.34. The molecule has 0 spiro atoms. The van der Waals surface area contributed by atoms with Crippen LogP contribution in [0.1, 0.15) is 49.9 Å². The van der Waals surface area contributed by atoms with E-state index in [-0.39, 0.29) is 5.91 Å². The summed E-state index contributed by atoms with van der Waals surface area (Å²) >= 11 is 0. The fraction of sp³-hybridized carbons (Fsp3) is 0.412. The lowest BCUT2D eigenvalue weighted by Crippen LogP contribution is -2.19. The molecule has 0 unspecified atom stereocenters. The number of nitrogens with zero attached hydrogens (tertiary/aromatic N) is 1. The molecule has 0 saturated carbocycles. The Balaban J connectivity index is 2.47. The molecule has 21 heavy (non-hydrogen) atoms. The first kappa shape index (κ1) is 17.0. The van der Waals surface area contributed by atoms with E-state index in [1.54, 1.807) is 30.3 Å². The SMILES string of the molecule is C=CCOc1ccc(C(=O)N/N=C(\C)CCCCC)cc1. The summed E-state index contributed by atoms with van der Waals surface area (Å²) in [4.78, 5) is 11.9. The van der Waals surface area contributed by atoms with E-state index in [1.165, 1.54) is 12.8 Å². The van der Waals surface area contributed by atoms with Gasteiger partial charge in [0.15, 0.2) is 0 Å². The third-order valence-corrected chi connectivity index (χ3v) is 2.97. The predicted molar refractivity (Wildman–Crippen MR) is 86.9 cm³/mol. The van der Waals surface area contributed by atoms with Crippen LogP contribution in [-0.4, -0.2) is 18.2 Å². The number of nitrogens with one attached hydrogen (secondary N) is 1. The molecule has 4 heteroatoms. The highest BCUT2D eigenvalue weighted by molar-refractivity contribution is 5.95. The van der Waals surface area contributed by atoms with Gasteiger partial charge in [0.1, 0.15) is 12.4 Å². The average Bonchev–Trinajstić information content (AvgIpc) is 2.51. The number of unbranched alkanes of at least 4 members (excludes halogenated alkanes) is 2. The van der Waals surface area contributed by atoms with Crippen molar-refractivity contribution in [3.8, 4) is 5.75 Å². The molecular weight excluding hydrogens is 264 g/mol. The first-order chi connectivity index (χ1) is 10.2. The summed E-state index contributed by atoms with van der Waals surface area (Å²) in [5.41, 5.74) is 4.09. The van der Waals surface area contributed by atoms with Gasteiger partial charge in [0.25, 0.3) is 5.91 Å². The van der Waals surface area contributed by atoms with E-state index in [0.29, 0.717) is 17.9 Å². The van der Waals surface area contributed by atoms with Crippen LogP contribution in [0.2, 0.25) is 0 Å². The zero-order valence-electron chi connectivity index (χ0n) is 12.9. The number of hydrogen-bond donors (Lipinski definition) is 1. The number of hydrogen-bond acceptors (Lipinski definition) is 3. The van der Waals surface area contributed by atoms with E-state index in [4.69, 9.17) is 4.74 Å². The molecule has 1 N–H and O–H groups in total. The molecule has 114 valence electrons. The number of hydrazone groups is 1. The number of carbonyl (C=O) groups excluding carboxylic acids is 1. The Morgan fingerprint density at radius 3 is 2.67 bits per heavy atom. The number of rotatable bonds is 9. The minimum atomic E-state index is -0.208. The molecule has 4 nitrogen and oxygen atoms in total. The maximum absolute atomic E-state index is 11.9. The molecule has 0 bridgehead atoms. The van der Waals surface area contributed by atoms with E-state index in [1.807, 2.05) is 6.92 Å². The smallest absolute Gasteiger partial charge is 0.271 e. The minimum Gasteiger partial charge on any atom is -0.490 e.